The zero-order chi connectivity index (χ0) is 18.1. The summed E-state index contributed by atoms with van der Waals surface area (Å²) in [6.07, 6.45) is 0. The van der Waals surface area contributed by atoms with Gasteiger partial charge in [-0.1, -0.05) is 36.4 Å². The number of benzene rings is 4. The van der Waals surface area contributed by atoms with Gasteiger partial charge in [-0.3, -0.25) is 0 Å². The summed E-state index contributed by atoms with van der Waals surface area (Å²) in [5, 5.41) is 30.8. The van der Waals surface area contributed by atoms with Crippen LogP contribution in [0.1, 0.15) is 0 Å². The molecule has 0 aromatic heterocycles. The minimum atomic E-state index is -0.0130. The number of fused-ring (bicyclic) bond motifs is 1. The average molecular weight is 344 g/mol. The van der Waals surface area contributed by atoms with Crippen molar-refractivity contribution in [1.82, 2.24) is 0 Å². The molecule has 0 aliphatic heterocycles. The number of aromatic hydroxyl groups is 3. The van der Waals surface area contributed by atoms with Gasteiger partial charge in [0, 0.05) is 10.8 Å². The molecule has 0 spiro atoms. The van der Waals surface area contributed by atoms with Crippen molar-refractivity contribution in [2.24, 2.45) is 0 Å². The highest BCUT2D eigenvalue weighted by atomic mass is 16.5. The van der Waals surface area contributed by atoms with Gasteiger partial charge in [0.1, 0.15) is 17.2 Å². The maximum absolute atomic E-state index is 10.4. The Bertz CT molecular complexity index is 1070. The maximum Gasteiger partial charge on any atom is 0.169 e. The number of hydrogen-bond acceptors (Lipinski definition) is 4. The van der Waals surface area contributed by atoms with Crippen LogP contribution in [0.15, 0.2) is 78.9 Å². The van der Waals surface area contributed by atoms with Gasteiger partial charge in [-0.2, -0.15) is 0 Å². The van der Waals surface area contributed by atoms with E-state index in [2.05, 4.69) is 0 Å². The lowest BCUT2D eigenvalue weighted by atomic mass is 10.1. The van der Waals surface area contributed by atoms with Gasteiger partial charge >= 0.3 is 0 Å². The molecule has 4 heteroatoms. The summed E-state index contributed by atoms with van der Waals surface area (Å²) in [7, 11) is 0. The first-order valence-corrected chi connectivity index (χ1v) is 8.13. The van der Waals surface area contributed by atoms with Crippen molar-refractivity contribution in [2.75, 3.05) is 0 Å². The Morgan fingerprint density at radius 2 is 1.23 bits per heavy atom. The van der Waals surface area contributed by atoms with E-state index in [0.717, 1.165) is 11.1 Å². The molecule has 0 bridgehead atoms. The standard InChI is InChI=1S/C22H16O4/c23-16-8-4-14(5-9-16)15-6-10-17(11-7-15)26-21-13-12-18-19(22(21)25)2-1-3-20(18)24/h1-13,23-25H. The van der Waals surface area contributed by atoms with Crippen LogP contribution in [0.3, 0.4) is 0 Å². The number of phenolic OH excluding ortho intramolecular Hbond substituents is 3. The number of phenols is 3. The number of rotatable bonds is 3. The quantitative estimate of drug-likeness (QED) is 0.464. The molecule has 128 valence electrons. The van der Waals surface area contributed by atoms with Crippen molar-refractivity contribution in [3.05, 3.63) is 78.9 Å². The van der Waals surface area contributed by atoms with Crippen LogP contribution in [0, 0.1) is 0 Å². The summed E-state index contributed by atoms with van der Waals surface area (Å²) in [6.45, 7) is 0. The monoisotopic (exact) mass is 344 g/mol. The molecule has 0 saturated carbocycles. The number of hydrogen-bond donors (Lipinski definition) is 3. The van der Waals surface area contributed by atoms with E-state index in [1.54, 1.807) is 42.5 Å². The Morgan fingerprint density at radius 3 is 1.92 bits per heavy atom. The van der Waals surface area contributed by atoms with Gasteiger partial charge in [-0.15, -0.1) is 0 Å². The topological polar surface area (TPSA) is 69.9 Å². The lowest BCUT2D eigenvalue weighted by Crippen LogP contribution is -1.87. The van der Waals surface area contributed by atoms with Crippen LogP contribution in [0.2, 0.25) is 0 Å². The minimum Gasteiger partial charge on any atom is -0.508 e. The molecule has 4 aromatic rings. The average Bonchev–Trinajstić information content (AvgIpc) is 2.66. The van der Waals surface area contributed by atoms with Crippen LogP contribution < -0.4 is 4.74 Å². The molecule has 0 unspecified atom stereocenters. The molecule has 4 aromatic carbocycles. The highest BCUT2D eigenvalue weighted by Gasteiger charge is 2.11. The Balaban J connectivity index is 1.62. The molecule has 3 N–H and O–H groups in total. The van der Waals surface area contributed by atoms with Gasteiger partial charge in [0.2, 0.25) is 0 Å². The van der Waals surface area contributed by atoms with Crippen LogP contribution in [0.25, 0.3) is 21.9 Å². The maximum atomic E-state index is 10.4. The fourth-order valence-corrected chi connectivity index (χ4v) is 2.88. The second-order valence-electron chi connectivity index (χ2n) is 5.96. The van der Waals surface area contributed by atoms with E-state index in [1.807, 2.05) is 36.4 Å². The molecule has 4 rings (SSSR count). The molecule has 0 amide bonds. The first kappa shape index (κ1) is 15.8. The summed E-state index contributed by atoms with van der Waals surface area (Å²) in [5.41, 5.74) is 1.98. The largest absolute Gasteiger partial charge is 0.508 e. The third-order valence-electron chi connectivity index (χ3n) is 4.26. The van der Waals surface area contributed by atoms with Gasteiger partial charge < -0.3 is 20.1 Å². The van der Waals surface area contributed by atoms with E-state index >= 15 is 0 Å². The summed E-state index contributed by atoms with van der Waals surface area (Å²) < 4.78 is 5.80. The molecule has 4 nitrogen and oxygen atoms in total. The molecule has 0 aliphatic carbocycles. The molecular formula is C22H16O4. The summed E-state index contributed by atoms with van der Waals surface area (Å²) in [6, 6.07) is 22.7. The van der Waals surface area contributed by atoms with Crippen LogP contribution in [-0.4, -0.2) is 15.3 Å². The second-order valence-corrected chi connectivity index (χ2v) is 5.96. The van der Waals surface area contributed by atoms with E-state index in [0.29, 0.717) is 22.3 Å². The van der Waals surface area contributed by atoms with Crippen molar-refractivity contribution in [3.8, 4) is 39.9 Å². The van der Waals surface area contributed by atoms with Crippen molar-refractivity contribution >= 4 is 10.8 Å². The predicted octanol–water partition coefficient (Wildman–Crippen LogP) is 5.42. The van der Waals surface area contributed by atoms with Crippen LogP contribution in [0.5, 0.6) is 28.7 Å². The Labute approximate surface area is 150 Å². The van der Waals surface area contributed by atoms with Crippen LogP contribution >= 0.6 is 0 Å². The van der Waals surface area contributed by atoms with Crippen LogP contribution in [-0.2, 0) is 0 Å². The van der Waals surface area contributed by atoms with Crippen molar-refractivity contribution < 1.29 is 20.1 Å². The predicted molar refractivity (Wildman–Crippen MR) is 101 cm³/mol. The first-order chi connectivity index (χ1) is 12.6. The lowest BCUT2D eigenvalue weighted by Gasteiger charge is -2.11. The fourth-order valence-electron chi connectivity index (χ4n) is 2.88. The van der Waals surface area contributed by atoms with Crippen molar-refractivity contribution in [1.29, 1.82) is 0 Å². The fraction of sp³-hybridized carbons (Fsp3) is 0. The molecule has 0 aliphatic rings. The van der Waals surface area contributed by atoms with E-state index in [4.69, 9.17) is 4.74 Å². The smallest absolute Gasteiger partial charge is 0.169 e. The summed E-state index contributed by atoms with van der Waals surface area (Å²) >= 11 is 0. The Morgan fingerprint density at radius 1 is 0.577 bits per heavy atom. The Hall–Kier alpha value is -3.66. The molecule has 0 saturated heterocycles. The van der Waals surface area contributed by atoms with Crippen molar-refractivity contribution in [3.63, 3.8) is 0 Å². The van der Waals surface area contributed by atoms with E-state index in [-0.39, 0.29) is 17.2 Å². The highest BCUT2D eigenvalue weighted by molar-refractivity contribution is 5.94. The second kappa shape index (κ2) is 6.33. The summed E-state index contributed by atoms with van der Waals surface area (Å²) in [5.74, 6) is 1.23. The summed E-state index contributed by atoms with van der Waals surface area (Å²) in [4.78, 5) is 0. The molecule has 0 heterocycles. The third kappa shape index (κ3) is 2.89. The van der Waals surface area contributed by atoms with Gasteiger partial charge in [-0.25, -0.2) is 0 Å². The zero-order valence-corrected chi connectivity index (χ0v) is 13.8. The van der Waals surface area contributed by atoms with Crippen LogP contribution in [0.4, 0.5) is 0 Å². The highest BCUT2D eigenvalue weighted by Crippen LogP contribution is 2.40. The van der Waals surface area contributed by atoms with E-state index in [9.17, 15) is 15.3 Å². The molecule has 26 heavy (non-hydrogen) atoms. The van der Waals surface area contributed by atoms with Gasteiger partial charge in [-0.05, 0) is 53.6 Å². The van der Waals surface area contributed by atoms with E-state index in [1.165, 1.54) is 0 Å². The molecule has 0 atom stereocenters. The molecule has 0 radical (unpaired) electrons. The molecular weight excluding hydrogens is 328 g/mol. The molecule has 0 fully saturated rings. The lowest BCUT2D eigenvalue weighted by molar-refractivity contribution is 0.415. The van der Waals surface area contributed by atoms with Crippen molar-refractivity contribution in [2.45, 2.75) is 0 Å². The number of ether oxygens (including phenoxy) is 1. The Kier molecular flexibility index (Phi) is 3.86. The van der Waals surface area contributed by atoms with Gasteiger partial charge in [0.05, 0.1) is 0 Å². The SMILES string of the molecule is Oc1ccc(-c2ccc(Oc3ccc4c(O)cccc4c3O)cc2)cc1. The van der Waals surface area contributed by atoms with Gasteiger partial charge in [0.15, 0.2) is 11.5 Å². The van der Waals surface area contributed by atoms with Gasteiger partial charge in [0.25, 0.3) is 0 Å². The third-order valence-corrected chi connectivity index (χ3v) is 4.26. The first-order valence-electron chi connectivity index (χ1n) is 8.13. The minimum absolute atomic E-state index is 0.0130. The zero-order valence-electron chi connectivity index (χ0n) is 13.8. The van der Waals surface area contributed by atoms with E-state index < -0.39 is 0 Å². The normalized spacial score (nSPS) is 10.8.